The smallest absolute Gasteiger partial charge is 0.0702 e. The Labute approximate surface area is 122 Å². The first-order valence-corrected chi connectivity index (χ1v) is 8.01. The average molecular weight is 274 g/mol. The number of nitrogens with zero attached hydrogens (tertiary/aromatic N) is 1. The zero-order valence-corrected chi connectivity index (χ0v) is 12.5. The molecule has 2 heterocycles. The Morgan fingerprint density at radius 3 is 3.25 bits per heavy atom. The van der Waals surface area contributed by atoms with E-state index in [1.54, 1.807) is 5.56 Å². The van der Waals surface area contributed by atoms with Gasteiger partial charge in [0.25, 0.3) is 0 Å². The third-order valence-corrected chi connectivity index (χ3v) is 4.50. The molecule has 3 nitrogen and oxygen atoms in total. The lowest BCUT2D eigenvalue weighted by atomic mass is 9.94. The van der Waals surface area contributed by atoms with Crippen molar-refractivity contribution in [2.24, 2.45) is 0 Å². The van der Waals surface area contributed by atoms with E-state index in [1.807, 2.05) is 0 Å². The summed E-state index contributed by atoms with van der Waals surface area (Å²) >= 11 is 0. The van der Waals surface area contributed by atoms with E-state index < -0.39 is 0 Å². The van der Waals surface area contributed by atoms with Gasteiger partial charge in [0.2, 0.25) is 0 Å². The topological polar surface area (TPSA) is 24.5 Å². The van der Waals surface area contributed by atoms with Gasteiger partial charge >= 0.3 is 0 Å². The van der Waals surface area contributed by atoms with Crippen LogP contribution in [0.1, 0.15) is 36.5 Å². The number of hydrogen-bond acceptors (Lipinski definition) is 3. The summed E-state index contributed by atoms with van der Waals surface area (Å²) in [5.74, 6) is 0. The standard InChI is InChI=1S/C17H26N2O/c1-2-20-16-7-4-10-19(13-16)12-15-6-3-5-14-11-18-9-8-17(14)15/h3,5-6,16,18H,2,4,7-13H2,1H3. The Kier molecular flexibility index (Phi) is 4.71. The van der Waals surface area contributed by atoms with Crippen molar-refractivity contribution in [3.63, 3.8) is 0 Å². The minimum atomic E-state index is 0.440. The van der Waals surface area contributed by atoms with E-state index >= 15 is 0 Å². The largest absolute Gasteiger partial charge is 0.377 e. The number of rotatable bonds is 4. The van der Waals surface area contributed by atoms with Crippen molar-refractivity contribution in [1.82, 2.24) is 10.2 Å². The molecule has 3 rings (SSSR count). The molecule has 0 radical (unpaired) electrons. The van der Waals surface area contributed by atoms with Gasteiger partial charge in [-0.25, -0.2) is 0 Å². The molecule has 1 unspecified atom stereocenters. The molecule has 1 aromatic carbocycles. The van der Waals surface area contributed by atoms with Crippen molar-refractivity contribution < 1.29 is 4.74 Å². The molecule has 110 valence electrons. The lowest BCUT2D eigenvalue weighted by Crippen LogP contribution is -2.39. The van der Waals surface area contributed by atoms with Gasteiger partial charge in [0.05, 0.1) is 6.10 Å². The van der Waals surface area contributed by atoms with E-state index in [-0.39, 0.29) is 0 Å². The van der Waals surface area contributed by atoms with Crippen LogP contribution in [0, 0.1) is 0 Å². The minimum Gasteiger partial charge on any atom is -0.377 e. The predicted octanol–water partition coefficient (Wildman–Crippen LogP) is 2.33. The Hall–Kier alpha value is -0.900. The first-order chi connectivity index (χ1) is 9.86. The van der Waals surface area contributed by atoms with Crippen LogP contribution in [0.3, 0.4) is 0 Å². The molecule has 2 aliphatic heterocycles. The molecule has 1 saturated heterocycles. The van der Waals surface area contributed by atoms with E-state index in [4.69, 9.17) is 4.74 Å². The van der Waals surface area contributed by atoms with Crippen molar-refractivity contribution in [3.8, 4) is 0 Å². The van der Waals surface area contributed by atoms with Crippen LogP contribution in [0.25, 0.3) is 0 Å². The lowest BCUT2D eigenvalue weighted by molar-refractivity contribution is 0.00355. The number of benzene rings is 1. The Morgan fingerprint density at radius 2 is 2.35 bits per heavy atom. The van der Waals surface area contributed by atoms with E-state index in [9.17, 15) is 0 Å². The Bertz CT molecular complexity index is 445. The lowest BCUT2D eigenvalue weighted by Gasteiger charge is -2.33. The summed E-state index contributed by atoms with van der Waals surface area (Å²) in [6.07, 6.45) is 4.10. The van der Waals surface area contributed by atoms with E-state index in [1.165, 1.54) is 36.9 Å². The molecule has 1 atom stereocenters. The maximum Gasteiger partial charge on any atom is 0.0702 e. The fourth-order valence-corrected chi connectivity index (χ4v) is 3.53. The number of hydrogen-bond donors (Lipinski definition) is 1. The third kappa shape index (κ3) is 3.22. The van der Waals surface area contributed by atoms with Gasteiger partial charge in [-0.1, -0.05) is 18.2 Å². The second kappa shape index (κ2) is 6.70. The summed E-state index contributed by atoms with van der Waals surface area (Å²) in [6.45, 7) is 8.48. The Balaban J connectivity index is 1.68. The summed E-state index contributed by atoms with van der Waals surface area (Å²) in [7, 11) is 0. The fraction of sp³-hybridized carbons (Fsp3) is 0.647. The molecule has 0 saturated carbocycles. The average Bonchev–Trinajstić information content (AvgIpc) is 2.48. The SMILES string of the molecule is CCOC1CCCN(Cc2cccc3c2CCNC3)C1. The van der Waals surface area contributed by atoms with Gasteiger partial charge < -0.3 is 10.1 Å². The van der Waals surface area contributed by atoms with Gasteiger partial charge in [-0.05, 0) is 56.0 Å². The van der Waals surface area contributed by atoms with Crippen LogP contribution in [0.2, 0.25) is 0 Å². The number of ether oxygens (including phenoxy) is 1. The van der Waals surface area contributed by atoms with Crippen molar-refractivity contribution in [2.45, 2.75) is 45.4 Å². The highest BCUT2D eigenvalue weighted by Gasteiger charge is 2.21. The predicted molar refractivity (Wildman–Crippen MR) is 81.8 cm³/mol. The molecule has 0 aliphatic carbocycles. The van der Waals surface area contributed by atoms with Crippen molar-refractivity contribution in [1.29, 1.82) is 0 Å². The van der Waals surface area contributed by atoms with Crippen LogP contribution in [0.5, 0.6) is 0 Å². The molecular weight excluding hydrogens is 248 g/mol. The molecular formula is C17H26N2O. The molecule has 2 aliphatic rings. The molecule has 3 heteroatoms. The zero-order valence-electron chi connectivity index (χ0n) is 12.5. The highest BCUT2D eigenvalue weighted by atomic mass is 16.5. The maximum atomic E-state index is 5.81. The number of fused-ring (bicyclic) bond motifs is 1. The third-order valence-electron chi connectivity index (χ3n) is 4.50. The minimum absolute atomic E-state index is 0.440. The van der Waals surface area contributed by atoms with Gasteiger partial charge in [-0.3, -0.25) is 4.90 Å². The van der Waals surface area contributed by atoms with Gasteiger partial charge in [-0.2, -0.15) is 0 Å². The monoisotopic (exact) mass is 274 g/mol. The molecule has 20 heavy (non-hydrogen) atoms. The molecule has 0 spiro atoms. The number of nitrogens with one attached hydrogen (secondary N) is 1. The Morgan fingerprint density at radius 1 is 1.40 bits per heavy atom. The summed E-state index contributed by atoms with van der Waals surface area (Å²) in [5.41, 5.74) is 4.61. The van der Waals surface area contributed by atoms with Crippen molar-refractivity contribution in [2.75, 3.05) is 26.2 Å². The van der Waals surface area contributed by atoms with Crippen LogP contribution in [0.4, 0.5) is 0 Å². The summed E-state index contributed by atoms with van der Waals surface area (Å²) in [6, 6.07) is 6.80. The van der Waals surface area contributed by atoms with E-state index in [2.05, 4.69) is 35.3 Å². The van der Waals surface area contributed by atoms with Crippen LogP contribution in [-0.2, 0) is 24.2 Å². The maximum absolute atomic E-state index is 5.81. The highest BCUT2D eigenvalue weighted by molar-refractivity contribution is 5.37. The van der Waals surface area contributed by atoms with Crippen molar-refractivity contribution in [3.05, 3.63) is 34.9 Å². The highest BCUT2D eigenvalue weighted by Crippen LogP contribution is 2.22. The van der Waals surface area contributed by atoms with Crippen LogP contribution >= 0.6 is 0 Å². The second-order valence-corrected chi connectivity index (χ2v) is 5.94. The molecule has 1 aromatic rings. The second-order valence-electron chi connectivity index (χ2n) is 5.94. The van der Waals surface area contributed by atoms with Crippen LogP contribution in [-0.4, -0.2) is 37.2 Å². The fourth-order valence-electron chi connectivity index (χ4n) is 3.53. The van der Waals surface area contributed by atoms with E-state index in [0.717, 1.165) is 32.8 Å². The molecule has 1 N–H and O–H groups in total. The van der Waals surface area contributed by atoms with E-state index in [0.29, 0.717) is 6.10 Å². The quantitative estimate of drug-likeness (QED) is 0.912. The zero-order chi connectivity index (χ0) is 13.8. The van der Waals surface area contributed by atoms with Gasteiger partial charge in [0.15, 0.2) is 0 Å². The molecule has 1 fully saturated rings. The van der Waals surface area contributed by atoms with Crippen LogP contribution < -0.4 is 5.32 Å². The summed E-state index contributed by atoms with van der Waals surface area (Å²) in [5, 5.41) is 3.46. The molecule has 0 aromatic heterocycles. The van der Waals surface area contributed by atoms with Gasteiger partial charge in [-0.15, -0.1) is 0 Å². The first-order valence-electron chi connectivity index (χ1n) is 8.01. The first kappa shape index (κ1) is 14.1. The van der Waals surface area contributed by atoms with Crippen LogP contribution in [0.15, 0.2) is 18.2 Å². The summed E-state index contributed by atoms with van der Waals surface area (Å²) < 4.78 is 5.81. The van der Waals surface area contributed by atoms with Gasteiger partial charge in [0, 0.05) is 26.2 Å². The molecule has 0 bridgehead atoms. The van der Waals surface area contributed by atoms with Crippen molar-refractivity contribution >= 4 is 0 Å². The summed E-state index contributed by atoms with van der Waals surface area (Å²) in [4.78, 5) is 2.57. The number of likely N-dealkylation sites (tertiary alicyclic amines) is 1. The van der Waals surface area contributed by atoms with Gasteiger partial charge in [0.1, 0.15) is 0 Å². The normalized spacial score (nSPS) is 23.6. The number of piperidine rings is 1. The molecule has 0 amide bonds.